The summed E-state index contributed by atoms with van der Waals surface area (Å²) in [4.78, 5) is 0. The van der Waals surface area contributed by atoms with Gasteiger partial charge in [0.15, 0.2) is 0 Å². The summed E-state index contributed by atoms with van der Waals surface area (Å²) >= 11 is 0. The van der Waals surface area contributed by atoms with E-state index in [1.807, 2.05) is 0 Å². The van der Waals surface area contributed by atoms with Gasteiger partial charge in [-0.2, -0.15) is 13.2 Å². The van der Waals surface area contributed by atoms with E-state index in [1.54, 1.807) is 0 Å². The number of benzene rings is 1. The molecule has 0 aromatic heterocycles. The van der Waals surface area contributed by atoms with Crippen molar-refractivity contribution in [2.24, 2.45) is 0 Å². The van der Waals surface area contributed by atoms with Gasteiger partial charge in [0.25, 0.3) is 0 Å². The first-order chi connectivity index (χ1) is 7.45. The van der Waals surface area contributed by atoms with Crippen molar-refractivity contribution in [2.45, 2.75) is 11.9 Å². The van der Waals surface area contributed by atoms with Crippen molar-refractivity contribution in [3.05, 3.63) is 35.6 Å². The highest BCUT2D eigenvalue weighted by Crippen LogP contribution is 2.31. The van der Waals surface area contributed by atoms with Crippen molar-refractivity contribution in [3.63, 3.8) is 0 Å². The minimum Gasteiger partial charge on any atom is -0.307 e. The minimum absolute atomic E-state index is 0.184. The third-order valence-electron chi connectivity index (χ3n) is 1.80. The second kappa shape index (κ2) is 4.04. The molecule has 0 spiro atoms. The molecule has 0 bridgehead atoms. The van der Waals surface area contributed by atoms with E-state index in [0.29, 0.717) is 0 Å². The topological polar surface area (TPSA) is 57.5 Å². The first kappa shape index (κ1) is 14.1. The summed E-state index contributed by atoms with van der Waals surface area (Å²) in [7, 11) is -5.86. The predicted molar refractivity (Wildman–Crippen MR) is 54.4 cm³/mol. The van der Waals surface area contributed by atoms with Gasteiger partial charge in [0.2, 0.25) is 0 Å². The second-order valence-electron chi connectivity index (χ2n) is 3.72. The van der Waals surface area contributed by atoms with E-state index in [2.05, 4.69) is 0 Å². The molecule has 0 aliphatic carbocycles. The zero-order valence-corrected chi connectivity index (χ0v) is 9.26. The van der Waals surface area contributed by atoms with E-state index in [4.69, 9.17) is 9.11 Å². The van der Waals surface area contributed by atoms with Gasteiger partial charge >= 0.3 is 6.18 Å². The largest absolute Gasteiger partial charge is 0.402 e. The van der Waals surface area contributed by atoms with E-state index in [0.717, 1.165) is 18.2 Å². The average Bonchev–Trinajstić information content (AvgIpc) is 1.94. The molecular weight excluding hydrogens is 264 g/mol. The Morgan fingerprint density at radius 1 is 1.24 bits per heavy atom. The number of hydrogen-bond donors (Lipinski definition) is 2. The van der Waals surface area contributed by atoms with E-state index >= 15 is 0 Å². The lowest BCUT2D eigenvalue weighted by Gasteiger charge is -2.31. The molecule has 1 aromatic carbocycles. The lowest BCUT2D eigenvalue weighted by molar-refractivity contribution is -0.109. The first-order valence-electron chi connectivity index (χ1n) is 4.39. The Hall–Kier alpha value is -0.990. The molecule has 0 amide bonds. The zero-order chi connectivity index (χ0) is 13.3. The molecule has 0 aliphatic rings. The third-order valence-corrected chi connectivity index (χ3v) is 3.62. The Bertz CT molecular complexity index is 477. The fraction of sp³-hybridized carbons (Fsp3) is 0.333. The fourth-order valence-corrected chi connectivity index (χ4v) is 2.95. The molecule has 0 radical (unpaired) electrons. The summed E-state index contributed by atoms with van der Waals surface area (Å²) in [5.74, 6) is -4.16. The normalized spacial score (nSPS) is 15.3. The Kier molecular flexibility index (Phi) is 3.34. The highest BCUT2D eigenvalue weighted by Gasteiger charge is 2.44. The van der Waals surface area contributed by atoms with Gasteiger partial charge in [0.1, 0.15) is 11.6 Å². The third kappa shape index (κ3) is 5.24. The molecule has 0 saturated heterocycles. The summed E-state index contributed by atoms with van der Waals surface area (Å²) in [6.45, 7) is 0. The Labute approximate surface area is 94.5 Å². The van der Waals surface area contributed by atoms with Crippen LogP contribution in [0.4, 0.5) is 17.6 Å². The van der Waals surface area contributed by atoms with E-state index in [1.165, 1.54) is 6.07 Å². The van der Waals surface area contributed by atoms with Crippen LogP contribution in [0.3, 0.4) is 0 Å². The molecule has 17 heavy (non-hydrogen) atoms. The molecule has 0 saturated carbocycles. The van der Waals surface area contributed by atoms with Crippen molar-refractivity contribution < 1.29 is 30.9 Å². The van der Waals surface area contributed by atoms with Crippen LogP contribution in [-0.2, 0) is 15.4 Å². The molecular formula is C9H10F4O3S. The van der Waals surface area contributed by atoms with Crippen LogP contribution in [0.25, 0.3) is 0 Å². The molecule has 8 heteroatoms. The molecule has 2 N–H and O–H groups in total. The maximum Gasteiger partial charge on any atom is 0.402 e. The summed E-state index contributed by atoms with van der Waals surface area (Å²) < 4.78 is 78.4. The van der Waals surface area contributed by atoms with Crippen LogP contribution >= 0.6 is 0 Å². The van der Waals surface area contributed by atoms with Gasteiger partial charge in [0.05, 0.1) is 15.4 Å². The molecule has 0 heterocycles. The molecule has 0 unspecified atom stereocenters. The van der Waals surface area contributed by atoms with E-state index in [9.17, 15) is 21.8 Å². The van der Waals surface area contributed by atoms with Gasteiger partial charge in [-0.05, 0) is 17.7 Å². The quantitative estimate of drug-likeness (QED) is 0.833. The van der Waals surface area contributed by atoms with Crippen LogP contribution in [0.1, 0.15) is 5.56 Å². The first-order valence-corrected chi connectivity index (χ1v) is 6.61. The number of hydrogen-bond acceptors (Lipinski definition) is 1. The maximum atomic E-state index is 12.7. The molecule has 98 valence electrons. The Morgan fingerprint density at radius 2 is 1.82 bits per heavy atom. The Balaban J connectivity index is 2.96. The van der Waals surface area contributed by atoms with Gasteiger partial charge in [-0.1, -0.05) is 12.1 Å². The Morgan fingerprint density at radius 3 is 2.29 bits per heavy atom. The number of rotatable bonds is 3. The maximum absolute atomic E-state index is 12.7. The summed E-state index contributed by atoms with van der Waals surface area (Å²) in [6.07, 6.45) is -4.99. The van der Waals surface area contributed by atoms with Crippen LogP contribution in [0.2, 0.25) is 0 Å². The predicted octanol–water partition coefficient (Wildman–Crippen LogP) is 2.65. The molecule has 1 aromatic rings. The van der Waals surface area contributed by atoms with E-state index in [-0.39, 0.29) is 5.56 Å². The van der Waals surface area contributed by atoms with Crippen LogP contribution in [0.5, 0.6) is 0 Å². The zero-order valence-electron chi connectivity index (χ0n) is 8.45. The molecule has 0 atom stereocenters. The van der Waals surface area contributed by atoms with Crippen molar-refractivity contribution >= 4 is 9.63 Å². The highest BCUT2D eigenvalue weighted by atomic mass is 32.3. The van der Waals surface area contributed by atoms with Crippen molar-refractivity contribution in [2.75, 3.05) is 5.75 Å². The van der Waals surface area contributed by atoms with Gasteiger partial charge in [-0.15, -0.1) is 0 Å². The average molecular weight is 274 g/mol. The summed E-state index contributed by atoms with van der Waals surface area (Å²) in [5.41, 5.74) is -0.184. The van der Waals surface area contributed by atoms with Gasteiger partial charge < -0.3 is 9.11 Å². The second-order valence-corrected chi connectivity index (χ2v) is 6.67. The van der Waals surface area contributed by atoms with Crippen LogP contribution < -0.4 is 0 Å². The van der Waals surface area contributed by atoms with E-state index < -0.39 is 33.1 Å². The fourth-order valence-electron chi connectivity index (χ4n) is 1.34. The minimum atomic E-state index is -5.86. The molecule has 3 nitrogen and oxygen atoms in total. The van der Waals surface area contributed by atoms with Crippen molar-refractivity contribution in [1.29, 1.82) is 0 Å². The van der Waals surface area contributed by atoms with Crippen molar-refractivity contribution in [1.82, 2.24) is 0 Å². The monoisotopic (exact) mass is 274 g/mol. The molecule has 0 aliphatic heterocycles. The summed E-state index contributed by atoms with van der Waals surface area (Å²) in [5, 5.41) is 0. The van der Waals surface area contributed by atoms with Crippen molar-refractivity contribution in [3.8, 4) is 0 Å². The standard InChI is InChI=1S/C9H10F4O3S/c10-8-3-1-2-7(4-8)5-17(14,15,16)6-9(11,12)13/h1-4H,5-6H2,(H2,14,15,16). The van der Waals surface area contributed by atoms with Gasteiger partial charge in [0, 0.05) is 0 Å². The number of halogens is 4. The smallest absolute Gasteiger partial charge is 0.307 e. The van der Waals surface area contributed by atoms with Gasteiger partial charge in [-0.25, -0.2) is 8.60 Å². The highest BCUT2D eigenvalue weighted by molar-refractivity contribution is 8.09. The molecule has 1 rings (SSSR count). The number of alkyl halides is 3. The van der Waals surface area contributed by atoms with Crippen LogP contribution in [-0.4, -0.2) is 25.2 Å². The van der Waals surface area contributed by atoms with Crippen LogP contribution in [0.15, 0.2) is 24.3 Å². The van der Waals surface area contributed by atoms with Crippen LogP contribution in [0, 0.1) is 5.82 Å². The lowest BCUT2D eigenvalue weighted by atomic mass is 10.2. The SMILES string of the molecule is O=S(O)(O)(Cc1cccc(F)c1)CC(F)(F)F. The molecule has 0 fully saturated rings. The lowest BCUT2D eigenvalue weighted by Crippen LogP contribution is -2.43. The summed E-state index contributed by atoms with van der Waals surface area (Å²) in [6, 6.07) is 4.14. The van der Waals surface area contributed by atoms with Gasteiger partial charge in [-0.3, -0.25) is 0 Å².